The Bertz CT molecular complexity index is 1630. The van der Waals surface area contributed by atoms with Crippen molar-refractivity contribution in [2.75, 3.05) is 47.9 Å². The van der Waals surface area contributed by atoms with Crippen molar-refractivity contribution in [2.24, 2.45) is 0 Å². The predicted molar refractivity (Wildman–Crippen MR) is 161 cm³/mol. The molecule has 11 heteroatoms. The molecule has 4 saturated heterocycles. The van der Waals surface area contributed by atoms with Crippen molar-refractivity contribution < 1.29 is 9.84 Å². The van der Waals surface area contributed by atoms with Gasteiger partial charge in [0.15, 0.2) is 6.23 Å². The van der Waals surface area contributed by atoms with Crippen molar-refractivity contribution in [3.8, 4) is 10.6 Å². The lowest BCUT2D eigenvalue weighted by Crippen LogP contribution is -2.47. The number of anilines is 4. The average molecular weight is 571 g/mol. The molecule has 0 amide bonds. The maximum Gasteiger partial charge on any atom is 0.227 e. The van der Waals surface area contributed by atoms with Crippen LogP contribution in [0.2, 0.25) is 0 Å². The third-order valence-electron chi connectivity index (χ3n) is 8.76. The van der Waals surface area contributed by atoms with Crippen molar-refractivity contribution >= 4 is 44.8 Å². The number of hydrogen-bond donors (Lipinski definition) is 2. The topological polar surface area (TPSA) is 106 Å². The van der Waals surface area contributed by atoms with E-state index in [2.05, 4.69) is 50.1 Å². The Balaban J connectivity index is 1.03. The maximum atomic E-state index is 9.35. The summed E-state index contributed by atoms with van der Waals surface area (Å²) in [6.07, 6.45) is 5.96. The number of benzene rings is 1. The fourth-order valence-corrected chi connectivity index (χ4v) is 7.74. The quantitative estimate of drug-likeness (QED) is 0.316. The first kappa shape index (κ1) is 25.3. The number of hydrogen-bond acceptors (Lipinski definition) is 11. The molecular formula is C30H34N8O2S. The van der Waals surface area contributed by atoms with E-state index in [1.165, 1.54) is 24.1 Å². The van der Waals surface area contributed by atoms with Crippen LogP contribution in [-0.4, -0.2) is 87.1 Å². The van der Waals surface area contributed by atoms with E-state index in [1.807, 2.05) is 25.3 Å². The molecular weight excluding hydrogens is 536 g/mol. The number of rotatable bonds is 7. The molecule has 4 atom stereocenters. The molecule has 0 spiro atoms. The third-order valence-corrected chi connectivity index (χ3v) is 9.82. The molecule has 0 radical (unpaired) electrons. The molecule has 1 aromatic carbocycles. The number of nitrogens with one attached hydrogen (secondary N) is 1. The van der Waals surface area contributed by atoms with Crippen LogP contribution in [0.5, 0.6) is 0 Å². The zero-order valence-electron chi connectivity index (χ0n) is 23.3. The zero-order chi connectivity index (χ0) is 27.7. The van der Waals surface area contributed by atoms with Gasteiger partial charge in [0.2, 0.25) is 5.95 Å². The Morgan fingerprint density at radius 1 is 1.02 bits per heavy atom. The van der Waals surface area contributed by atoms with Crippen LogP contribution in [0.4, 0.5) is 23.3 Å². The number of piperidine rings is 1. The second-order valence-corrected chi connectivity index (χ2v) is 12.8. The second-order valence-electron chi connectivity index (χ2n) is 11.7. The number of β-amino-alcohol motifs (C(OH)–C–C–N with tert-alkyl or cyclic N) is 1. The van der Waals surface area contributed by atoms with Gasteiger partial charge >= 0.3 is 0 Å². The van der Waals surface area contributed by atoms with Gasteiger partial charge in [0, 0.05) is 73.5 Å². The van der Waals surface area contributed by atoms with Gasteiger partial charge in [0.1, 0.15) is 22.7 Å². The minimum atomic E-state index is 0.205. The fraction of sp³-hybridized carbons (Fsp3) is 0.467. The highest BCUT2D eigenvalue weighted by Gasteiger charge is 2.46. The molecule has 8 rings (SSSR count). The predicted octanol–water partition coefficient (Wildman–Crippen LogP) is 4.09. The molecule has 4 aliphatic heterocycles. The maximum absolute atomic E-state index is 9.35. The molecule has 10 nitrogen and oxygen atoms in total. The van der Waals surface area contributed by atoms with E-state index in [-0.39, 0.29) is 12.8 Å². The number of nitrogens with zero attached hydrogens (tertiary/aromatic N) is 7. The Kier molecular flexibility index (Phi) is 6.10. The first-order valence-electron chi connectivity index (χ1n) is 14.6. The highest BCUT2D eigenvalue weighted by atomic mass is 32.1. The SMILES string of the molecule is Cc1cc(-c2nc3cc(Nc4cc(C)nc(N5C[C@@H]6C[C@H]5CN6CCO)n4)ncc3s2)cc(N2CCCC3OC32)c1. The van der Waals surface area contributed by atoms with Gasteiger partial charge in [0.05, 0.1) is 16.8 Å². The van der Waals surface area contributed by atoms with Gasteiger partial charge in [-0.25, -0.2) is 15.0 Å². The fourth-order valence-electron chi connectivity index (χ4n) is 6.84. The van der Waals surface area contributed by atoms with Crippen LogP contribution < -0.4 is 15.1 Å². The molecule has 2 bridgehead atoms. The molecule has 4 fully saturated rings. The minimum absolute atomic E-state index is 0.205. The summed E-state index contributed by atoms with van der Waals surface area (Å²) in [4.78, 5) is 26.4. The Morgan fingerprint density at radius 3 is 2.80 bits per heavy atom. The number of thiazole rings is 1. The highest BCUT2D eigenvalue weighted by Crippen LogP contribution is 2.40. The van der Waals surface area contributed by atoms with Crippen LogP contribution in [0.3, 0.4) is 0 Å². The van der Waals surface area contributed by atoms with Crippen molar-refractivity contribution in [3.05, 3.63) is 47.8 Å². The minimum Gasteiger partial charge on any atom is -0.395 e. The van der Waals surface area contributed by atoms with Gasteiger partial charge in [-0.1, -0.05) is 0 Å². The van der Waals surface area contributed by atoms with Crippen LogP contribution in [0.15, 0.2) is 36.5 Å². The van der Waals surface area contributed by atoms with Gasteiger partial charge in [0.25, 0.3) is 0 Å². The third kappa shape index (κ3) is 4.70. The van der Waals surface area contributed by atoms with Crippen LogP contribution >= 0.6 is 11.3 Å². The van der Waals surface area contributed by atoms with Gasteiger partial charge in [-0.05, 0) is 56.9 Å². The number of ether oxygens (including phenoxy) is 1. The van der Waals surface area contributed by atoms with Crippen LogP contribution in [0.1, 0.15) is 30.5 Å². The molecule has 4 aliphatic rings. The lowest BCUT2D eigenvalue weighted by molar-refractivity contribution is 0.176. The summed E-state index contributed by atoms with van der Waals surface area (Å²) in [6.45, 7) is 7.97. The number of aryl methyl sites for hydroxylation is 2. The number of likely N-dealkylation sites (tertiary alicyclic amines) is 1. The Hall–Kier alpha value is -3.38. The molecule has 4 aromatic rings. The molecule has 2 N–H and O–H groups in total. The monoisotopic (exact) mass is 570 g/mol. The lowest BCUT2D eigenvalue weighted by atomic mass is 10.1. The molecule has 2 unspecified atom stereocenters. The standard InChI is InChI=1S/C30H34N8O2S/c1-17-8-19(11-20(9-17)37-5-3-4-24-29(37)40-24)28-33-23-13-26(31-14-25(23)41-28)34-27-10-18(2)32-30(35-27)38-16-21-12-22(38)15-36(21)6-7-39/h8-11,13-14,21-22,24,29,39H,3-7,12,15-16H2,1-2H3,(H,31,32,34,35)/t21-,22-,24?,29?/m0/s1. The molecule has 212 valence electrons. The molecule has 0 saturated carbocycles. The van der Waals surface area contributed by atoms with Gasteiger partial charge in [-0.3, -0.25) is 4.90 Å². The average Bonchev–Trinajstić information content (AvgIpc) is 3.25. The summed E-state index contributed by atoms with van der Waals surface area (Å²) in [6, 6.07) is 11.5. The number of aromatic nitrogens is 4. The highest BCUT2D eigenvalue weighted by molar-refractivity contribution is 7.21. The van der Waals surface area contributed by atoms with E-state index in [1.54, 1.807) is 11.3 Å². The number of aliphatic hydroxyl groups excluding tert-OH is 1. The van der Waals surface area contributed by atoms with Crippen LogP contribution in [0.25, 0.3) is 20.8 Å². The molecule has 7 heterocycles. The number of piperazine rings is 1. The summed E-state index contributed by atoms with van der Waals surface area (Å²) in [7, 11) is 0. The van der Waals surface area contributed by atoms with Crippen molar-refractivity contribution in [1.82, 2.24) is 24.8 Å². The normalized spacial score (nSPS) is 25.2. The Morgan fingerprint density at radius 2 is 1.95 bits per heavy atom. The summed E-state index contributed by atoms with van der Waals surface area (Å²) in [5.74, 6) is 2.20. The number of aliphatic hydroxyl groups is 1. The smallest absolute Gasteiger partial charge is 0.227 e. The van der Waals surface area contributed by atoms with Crippen molar-refractivity contribution in [1.29, 1.82) is 0 Å². The lowest BCUT2D eigenvalue weighted by Gasteiger charge is -2.34. The number of epoxide rings is 1. The molecule has 0 aliphatic carbocycles. The molecule has 3 aromatic heterocycles. The summed E-state index contributed by atoms with van der Waals surface area (Å²) in [5, 5.41) is 13.8. The van der Waals surface area contributed by atoms with Gasteiger partial charge in [-0.15, -0.1) is 11.3 Å². The van der Waals surface area contributed by atoms with Crippen molar-refractivity contribution in [3.63, 3.8) is 0 Å². The van der Waals surface area contributed by atoms with E-state index in [0.29, 0.717) is 24.0 Å². The van der Waals surface area contributed by atoms with Crippen LogP contribution in [-0.2, 0) is 4.74 Å². The van der Waals surface area contributed by atoms with Crippen LogP contribution in [0, 0.1) is 13.8 Å². The van der Waals surface area contributed by atoms with E-state index >= 15 is 0 Å². The second kappa shape index (κ2) is 9.87. The van der Waals surface area contributed by atoms with E-state index in [4.69, 9.17) is 19.7 Å². The number of pyridine rings is 1. The van der Waals surface area contributed by atoms with E-state index in [0.717, 1.165) is 70.8 Å². The number of fused-ring (bicyclic) bond motifs is 4. The Labute approximate surface area is 243 Å². The van der Waals surface area contributed by atoms with Gasteiger partial charge < -0.3 is 25.0 Å². The zero-order valence-corrected chi connectivity index (χ0v) is 24.1. The first-order valence-corrected chi connectivity index (χ1v) is 15.4. The summed E-state index contributed by atoms with van der Waals surface area (Å²) < 4.78 is 6.94. The summed E-state index contributed by atoms with van der Waals surface area (Å²) in [5.41, 5.74) is 5.40. The largest absolute Gasteiger partial charge is 0.395 e. The van der Waals surface area contributed by atoms with E-state index < -0.39 is 0 Å². The van der Waals surface area contributed by atoms with Gasteiger partial charge in [-0.2, -0.15) is 4.98 Å². The molecule has 41 heavy (non-hydrogen) atoms. The van der Waals surface area contributed by atoms with E-state index in [9.17, 15) is 5.11 Å². The summed E-state index contributed by atoms with van der Waals surface area (Å²) >= 11 is 1.67. The first-order chi connectivity index (χ1) is 20.0. The van der Waals surface area contributed by atoms with Crippen molar-refractivity contribution in [2.45, 2.75) is 57.5 Å².